The van der Waals surface area contributed by atoms with Crippen LogP contribution in [0.1, 0.15) is 44.0 Å². The van der Waals surface area contributed by atoms with Gasteiger partial charge in [-0.2, -0.15) is 0 Å². The molecule has 0 radical (unpaired) electrons. The van der Waals surface area contributed by atoms with E-state index < -0.39 is 5.97 Å². The van der Waals surface area contributed by atoms with Crippen LogP contribution in [-0.2, 0) is 14.3 Å². The number of benzene rings is 1. The summed E-state index contributed by atoms with van der Waals surface area (Å²) in [6.07, 6.45) is 1.82. The molecule has 0 bridgehead atoms. The SMILES string of the molecule is CC(C)[C@@H](C)NC(=O)COC(=O)c1ccc2c(c1)NC(=O)[C@H]1CCCN21. The van der Waals surface area contributed by atoms with Crippen LogP contribution < -0.4 is 15.5 Å². The van der Waals surface area contributed by atoms with Gasteiger partial charge in [0.25, 0.3) is 5.91 Å². The Morgan fingerprint density at radius 2 is 2.12 bits per heavy atom. The van der Waals surface area contributed by atoms with Crippen molar-refractivity contribution in [3.8, 4) is 0 Å². The lowest BCUT2D eigenvalue weighted by Crippen LogP contribution is -2.43. The molecule has 2 heterocycles. The average Bonchev–Trinajstić information content (AvgIpc) is 3.09. The molecule has 1 aromatic carbocycles. The Bertz CT molecular complexity index is 731. The van der Waals surface area contributed by atoms with Gasteiger partial charge >= 0.3 is 5.97 Å². The number of ether oxygens (including phenoxy) is 1. The van der Waals surface area contributed by atoms with Crippen molar-refractivity contribution in [3.05, 3.63) is 23.8 Å². The Morgan fingerprint density at radius 3 is 2.85 bits per heavy atom. The fourth-order valence-corrected chi connectivity index (χ4v) is 3.23. The van der Waals surface area contributed by atoms with Crippen LogP contribution in [-0.4, -0.2) is 43.0 Å². The molecule has 1 saturated heterocycles. The second-order valence-electron chi connectivity index (χ2n) is 7.25. The van der Waals surface area contributed by atoms with E-state index in [0.717, 1.165) is 25.1 Å². The summed E-state index contributed by atoms with van der Waals surface area (Å²) in [6, 6.07) is 4.99. The number of rotatable bonds is 5. The van der Waals surface area contributed by atoms with E-state index in [1.807, 2.05) is 26.8 Å². The van der Waals surface area contributed by atoms with Crippen LogP contribution in [0.2, 0.25) is 0 Å². The van der Waals surface area contributed by atoms with Crippen LogP contribution in [0, 0.1) is 5.92 Å². The van der Waals surface area contributed by atoms with Crippen molar-refractivity contribution in [2.75, 3.05) is 23.4 Å². The molecule has 0 saturated carbocycles. The zero-order valence-corrected chi connectivity index (χ0v) is 15.4. The van der Waals surface area contributed by atoms with E-state index in [1.165, 1.54) is 0 Å². The number of hydrogen-bond donors (Lipinski definition) is 2. The molecule has 2 amide bonds. The highest BCUT2D eigenvalue weighted by Crippen LogP contribution is 2.37. The minimum absolute atomic E-state index is 0.00793. The van der Waals surface area contributed by atoms with Gasteiger partial charge in [-0.25, -0.2) is 4.79 Å². The largest absolute Gasteiger partial charge is 0.452 e. The fraction of sp³-hybridized carbons (Fsp3) is 0.526. The molecule has 1 aromatic rings. The molecule has 7 nitrogen and oxygen atoms in total. The van der Waals surface area contributed by atoms with Crippen molar-refractivity contribution in [2.24, 2.45) is 5.92 Å². The monoisotopic (exact) mass is 359 g/mol. The van der Waals surface area contributed by atoms with Crippen LogP contribution >= 0.6 is 0 Å². The van der Waals surface area contributed by atoms with Gasteiger partial charge in [0, 0.05) is 12.6 Å². The maximum atomic E-state index is 12.2. The first kappa shape index (κ1) is 18.2. The molecule has 2 atom stereocenters. The summed E-state index contributed by atoms with van der Waals surface area (Å²) in [4.78, 5) is 38.3. The highest BCUT2D eigenvalue weighted by atomic mass is 16.5. The van der Waals surface area contributed by atoms with Crippen molar-refractivity contribution in [1.29, 1.82) is 0 Å². The quantitative estimate of drug-likeness (QED) is 0.785. The second-order valence-corrected chi connectivity index (χ2v) is 7.25. The third-order valence-corrected chi connectivity index (χ3v) is 5.08. The maximum Gasteiger partial charge on any atom is 0.338 e. The standard InChI is InChI=1S/C19H25N3O4/c1-11(2)12(3)20-17(23)10-26-19(25)13-6-7-15-14(9-13)21-18(24)16-5-4-8-22(15)16/h6-7,9,11-12,16H,4-5,8,10H2,1-3H3,(H,20,23)(H,21,24)/t12-,16-/m1/s1. The van der Waals surface area contributed by atoms with E-state index in [0.29, 0.717) is 17.2 Å². The molecule has 0 unspecified atom stereocenters. The highest BCUT2D eigenvalue weighted by Gasteiger charge is 2.36. The molecule has 140 valence electrons. The van der Waals surface area contributed by atoms with Crippen molar-refractivity contribution < 1.29 is 19.1 Å². The van der Waals surface area contributed by atoms with Gasteiger partial charge in [0.05, 0.1) is 16.9 Å². The third-order valence-electron chi connectivity index (χ3n) is 5.08. The summed E-state index contributed by atoms with van der Waals surface area (Å²) < 4.78 is 5.10. The Labute approximate surface area is 153 Å². The fourth-order valence-electron chi connectivity index (χ4n) is 3.23. The summed E-state index contributed by atoms with van der Waals surface area (Å²) >= 11 is 0. The van der Waals surface area contributed by atoms with Crippen LogP contribution in [0.3, 0.4) is 0 Å². The summed E-state index contributed by atoms with van der Waals surface area (Å²) in [6.45, 7) is 6.42. The Morgan fingerprint density at radius 1 is 1.35 bits per heavy atom. The summed E-state index contributed by atoms with van der Waals surface area (Å²) in [7, 11) is 0. The first-order valence-corrected chi connectivity index (χ1v) is 9.05. The smallest absolute Gasteiger partial charge is 0.338 e. The molecule has 3 rings (SSSR count). The van der Waals surface area contributed by atoms with Crippen LogP contribution in [0.25, 0.3) is 0 Å². The normalized spacial score (nSPS) is 19.5. The zero-order chi connectivity index (χ0) is 18.8. The van der Waals surface area contributed by atoms with Gasteiger partial charge in [0.15, 0.2) is 6.61 Å². The number of esters is 1. The molecule has 2 N–H and O–H groups in total. The van der Waals surface area contributed by atoms with Gasteiger partial charge in [-0.15, -0.1) is 0 Å². The summed E-state index contributed by atoms with van der Waals surface area (Å²) in [5, 5.41) is 5.65. The highest BCUT2D eigenvalue weighted by molar-refractivity contribution is 6.05. The van der Waals surface area contributed by atoms with Gasteiger partial charge in [0.2, 0.25) is 5.91 Å². The number of hydrogen-bond acceptors (Lipinski definition) is 5. The number of carbonyl (C=O) groups is 3. The van der Waals surface area contributed by atoms with Crippen LogP contribution in [0.4, 0.5) is 11.4 Å². The predicted molar refractivity (Wildman–Crippen MR) is 98.2 cm³/mol. The van der Waals surface area contributed by atoms with Gasteiger partial charge in [0.1, 0.15) is 6.04 Å². The van der Waals surface area contributed by atoms with Crippen molar-refractivity contribution in [3.63, 3.8) is 0 Å². The number of carbonyl (C=O) groups excluding carboxylic acids is 3. The molecule has 0 aromatic heterocycles. The zero-order valence-electron chi connectivity index (χ0n) is 15.4. The molecule has 0 aliphatic carbocycles. The average molecular weight is 359 g/mol. The predicted octanol–water partition coefficient (Wildman–Crippen LogP) is 1.92. The van der Waals surface area contributed by atoms with E-state index in [2.05, 4.69) is 15.5 Å². The van der Waals surface area contributed by atoms with E-state index >= 15 is 0 Å². The number of amides is 2. The maximum absolute atomic E-state index is 12.2. The van der Waals surface area contributed by atoms with Gasteiger partial charge < -0.3 is 20.3 Å². The van der Waals surface area contributed by atoms with Crippen molar-refractivity contribution in [1.82, 2.24) is 5.32 Å². The molecular formula is C19H25N3O4. The van der Waals surface area contributed by atoms with E-state index in [1.54, 1.807) is 12.1 Å². The van der Waals surface area contributed by atoms with E-state index in [9.17, 15) is 14.4 Å². The minimum Gasteiger partial charge on any atom is -0.452 e. The molecule has 7 heteroatoms. The van der Waals surface area contributed by atoms with Gasteiger partial charge in [-0.05, 0) is 43.9 Å². The Hall–Kier alpha value is -2.57. The second kappa shape index (κ2) is 7.35. The lowest BCUT2D eigenvalue weighted by atomic mass is 10.1. The number of anilines is 2. The molecule has 26 heavy (non-hydrogen) atoms. The molecule has 1 fully saturated rings. The molecule has 2 aliphatic heterocycles. The third kappa shape index (κ3) is 3.66. The number of nitrogens with one attached hydrogen (secondary N) is 2. The molecule has 2 aliphatic rings. The molecule has 0 spiro atoms. The van der Waals surface area contributed by atoms with Gasteiger partial charge in [-0.1, -0.05) is 13.8 Å². The Balaban J connectivity index is 1.63. The molecular weight excluding hydrogens is 334 g/mol. The first-order valence-electron chi connectivity index (χ1n) is 9.05. The lowest BCUT2D eigenvalue weighted by molar-refractivity contribution is -0.125. The van der Waals surface area contributed by atoms with E-state index in [-0.39, 0.29) is 30.5 Å². The van der Waals surface area contributed by atoms with E-state index in [4.69, 9.17) is 4.74 Å². The van der Waals surface area contributed by atoms with Crippen molar-refractivity contribution in [2.45, 2.75) is 45.7 Å². The van der Waals surface area contributed by atoms with Gasteiger partial charge in [-0.3, -0.25) is 9.59 Å². The topological polar surface area (TPSA) is 87.7 Å². The number of fused-ring (bicyclic) bond motifs is 3. The van der Waals surface area contributed by atoms with Crippen LogP contribution in [0.5, 0.6) is 0 Å². The number of nitrogens with zero attached hydrogens (tertiary/aromatic N) is 1. The first-order chi connectivity index (χ1) is 12.4. The lowest BCUT2D eigenvalue weighted by Gasteiger charge is -2.33. The minimum atomic E-state index is -0.585. The van der Waals surface area contributed by atoms with Crippen molar-refractivity contribution >= 4 is 29.2 Å². The summed E-state index contributed by atoms with van der Waals surface area (Å²) in [5.41, 5.74) is 1.85. The summed E-state index contributed by atoms with van der Waals surface area (Å²) in [5.74, 6) is -0.653. The Kier molecular flexibility index (Phi) is 5.15. The van der Waals surface area contributed by atoms with Crippen LogP contribution in [0.15, 0.2) is 18.2 Å².